The Morgan fingerprint density at radius 2 is 2.15 bits per heavy atom. The summed E-state index contributed by atoms with van der Waals surface area (Å²) in [6, 6.07) is 5.46. The van der Waals surface area contributed by atoms with E-state index in [1.807, 2.05) is 4.90 Å². The number of piperidine rings is 1. The molecule has 0 N–H and O–H groups in total. The first kappa shape index (κ1) is 19.5. The van der Waals surface area contributed by atoms with E-state index in [-0.39, 0.29) is 22.8 Å². The van der Waals surface area contributed by atoms with Crippen molar-refractivity contribution in [3.05, 3.63) is 29.3 Å². The number of likely N-dealkylation sites (tertiary alicyclic amines) is 1. The van der Waals surface area contributed by atoms with Crippen molar-refractivity contribution in [2.24, 2.45) is 11.3 Å². The van der Waals surface area contributed by atoms with Crippen molar-refractivity contribution < 1.29 is 22.7 Å². The third-order valence-electron chi connectivity index (χ3n) is 5.74. The summed E-state index contributed by atoms with van der Waals surface area (Å²) in [6.45, 7) is 4.29. The second-order valence-corrected chi connectivity index (χ2v) is 7.44. The highest BCUT2D eigenvalue weighted by atomic mass is 19.4. The minimum Gasteiger partial charge on any atom is -0.384 e. The Bertz CT molecular complexity index is 774. The first-order chi connectivity index (χ1) is 12.7. The molecule has 3 rings (SSSR count). The number of anilines is 1. The number of rotatable bonds is 3. The summed E-state index contributed by atoms with van der Waals surface area (Å²) >= 11 is 0. The summed E-state index contributed by atoms with van der Waals surface area (Å²) in [5.74, 6) is 0.234. The smallest absolute Gasteiger partial charge is 0.384 e. The summed E-state index contributed by atoms with van der Waals surface area (Å²) in [4.78, 5) is 15.5. The molecule has 1 aromatic carbocycles. The standard InChI is InChI=1S/C19H22F3N3O2/c1-13(26)24-6-5-15-9-25(11-18(15,10-24)12-27-2)16-4-3-14(8-23)17(7-16)19(20,21)22/h3-4,7,15H,5-6,9-12H2,1-2H3/t15-,18+/m1/s1. The maximum Gasteiger partial charge on any atom is 0.417 e. The number of nitrogens with zero attached hydrogens (tertiary/aromatic N) is 3. The fourth-order valence-electron chi connectivity index (χ4n) is 4.40. The average Bonchev–Trinajstić information content (AvgIpc) is 2.99. The highest BCUT2D eigenvalue weighted by Crippen LogP contribution is 2.45. The molecule has 0 radical (unpaired) electrons. The maximum atomic E-state index is 13.3. The first-order valence-electron chi connectivity index (χ1n) is 8.81. The Labute approximate surface area is 156 Å². The van der Waals surface area contributed by atoms with Gasteiger partial charge >= 0.3 is 6.18 Å². The number of hydrogen-bond donors (Lipinski definition) is 0. The van der Waals surface area contributed by atoms with Crippen LogP contribution in [0.4, 0.5) is 18.9 Å². The molecule has 2 fully saturated rings. The van der Waals surface area contributed by atoms with E-state index in [0.717, 1.165) is 12.5 Å². The van der Waals surface area contributed by atoms with E-state index >= 15 is 0 Å². The number of methoxy groups -OCH3 is 1. The molecule has 0 unspecified atom stereocenters. The number of hydrogen-bond acceptors (Lipinski definition) is 4. The molecular weight excluding hydrogens is 359 g/mol. The lowest BCUT2D eigenvalue weighted by Gasteiger charge is -2.43. The number of amides is 1. The number of nitriles is 1. The van der Waals surface area contributed by atoms with Crippen LogP contribution in [0.25, 0.3) is 0 Å². The molecule has 27 heavy (non-hydrogen) atoms. The topological polar surface area (TPSA) is 56.6 Å². The second-order valence-electron chi connectivity index (χ2n) is 7.44. The van der Waals surface area contributed by atoms with Gasteiger partial charge in [-0.15, -0.1) is 0 Å². The van der Waals surface area contributed by atoms with Gasteiger partial charge in [-0.25, -0.2) is 0 Å². The van der Waals surface area contributed by atoms with Crippen LogP contribution in [-0.4, -0.2) is 50.7 Å². The molecule has 8 heteroatoms. The highest BCUT2D eigenvalue weighted by Gasteiger charge is 2.50. The van der Waals surface area contributed by atoms with Gasteiger partial charge in [0, 0.05) is 51.3 Å². The van der Waals surface area contributed by atoms with Crippen molar-refractivity contribution in [3.63, 3.8) is 0 Å². The molecular formula is C19H22F3N3O2. The second kappa shape index (κ2) is 7.04. The lowest BCUT2D eigenvalue weighted by Crippen LogP contribution is -2.52. The third-order valence-corrected chi connectivity index (χ3v) is 5.74. The monoisotopic (exact) mass is 381 g/mol. The fourth-order valence-corrected chi connectivity index (χ4v) is 4.40. The van der Waals surface area contributed by atoms with Crippen molar-refractivity contribution in [3.8, 4) is 6.07 Å². The number of halogens is 3. The van der Waals surface area contributed by atoms with Crippen LogP contribution in [0.3, 0.4) is 0 Å². The molecule has 1 aromatic rings. The summed E-state index contributed by atoms with van der Waals surface area (Å²) in [7, 11) is 1.60. The Morgan fingerprint density at radius 1 is 1.41 bits per heavy atom. The molecule has 2 aliphatic heterocycles. The van der Waals surface area contributed by atoms with Crippen molar-refractivity contribution in [2.75, 3.05) is 44.8 Å². The Balaban J connectivity index is 1.92. The van der Waals surface area contributed by atoms with Crippen molar-refractivity contribution in [1.29, 1.82) is 5.26 Å². The minimum absolute atomic E-state index is 0.000101. The molecule has 1 amide bonds. The van der Waals surface area contributed by atoms with Gasteiger partial charge in [0.15, 0.2) is 0 Å². The molecule has 0 spiro atoms. The molecule has 2 heterocycles. The minimum atomic E-state index is -4.58. The number of fused-ring (bicyclic) bond motifs is 1. The quantitative estimate of drug-likeness (QED) is 0.808. The molecule has 2 aliphatic rings. The Morgan fingerprint density at radius 3 is 2.74 bits per heavy atom. The van der Waals surface area contributed by atoms with Gasteiger partial charge in [0.1, 0.15) is 0 Å². The Kier molecular flexibility index (Phi) is 5.08. The summed E-state index contributed by atoms with van der Waals surface area (Å²) in [5, 5.41) is 8.98. The number of carbonyl (C=O) groups is 1. The SMILES string of the molecule is COC[C@@]12CN(C(C)=O)CC[C@@H]1CN(c1ccc(C#N)c(C(F)(F)F)c1)C2. The predicted octanol–water partition coefficient (Wildman–Crippen LogP) is 2.90. The lowest BCUT2D eigenvalue weighted by molar-refractivity contribution is -0.138. The van der Waals surface area contributed by atoms with Gasteiger partial charge in [0.2, 0.25) is 5.91 Å². The highest BCUT2D eigenvalue weighted by molar-refractivity contribution is 5.73. The van der Waals surface area contributed by atoms with Crippen LogP contribution in [-0.2, 0) is 15.7 Å². The molecule has 0 saturated carbocycles. The predicted molar refractivity (Wildman–Crippen MR) is 93.0 cm³/mol. The van der Waals surface area contributed by atoms with E-state index in [4.69, 9.17) is 10.00 Å². The molecule has 2 atom stereocenters. The first-order valence-corrected chi connectivity index (χ1v) is 8.81. The van der Waals surface area contributed by atoms with E-state index in [0.29, 0.717) is 38.5 Å². The zero-order valence-corrected chi connectivity index (χ0v) is 15.3. The van der Waals surface area contributed by atoms with Gasteiger partial charge in [-0.3, -0.25) is 4.79 Å². The largest absolute Gasteiger partial charge is 0.417 e. The third kappa shape index (κ3) is 3.61. The number of alkyl halides is 3. The van der Waals surface area contributed by atoms with Gasteiger partial charge in [-0.05, 0) is 30.5 Å². The lowest BCUT2D eigenvalue weighted by atomic mass is 9.74. The van der Waals surface area contributed by atoms with Crippen molar-refractivity contribution in [1.82, 2.24) is 4.90 Å². The van der Waals surface area contributed by atoms with Crippen LogP contribution < -0.4 is 4.90 Å². The molecule has 146 valence electrons. The maximum absolute atomic E-state index is 13.3. The number of carbonyl (C=O) groups excluding carboxylic acids is 1. The van der Waals surface area contributed by atoms with Gasteiger partial charge in [-0.2, -0.15) is 18.4 Å². The van der Waals surface area contributed by atoms with Crippen LogP contribution in [0.5, 0.6) is 0 Å². The summed E-state index contributed by atoms with van der Waals surface area (Å²) in [5.41, 5.74) is -1.15. The Hall–Kier alpha value is -2.27. The summed E-state index contributed by atoms with van der Waals surface area (Å²) < 4.78 is 45.3. The molecule has 0 bridgehead atoms. The molecule has 2 saturated heterocycles. The van der Waals surface area contributed by atoms with Crippen molar-refractivity contribution >= 4 is 11.6 Å². The number of benzene rings is 1. The van der Waals surface area contributed by atoms with E-state index in [2.05, 4.69) is 0 Å². The van der Waals surface area contributed by atoms with Crippen molar-refractivity contribution in [2.45, 2.75) is 19.5 Å². The van der Waals surface area contributed by atoms with Crippen LogP contribution in [0.15, 0.2) is 18.2 Å². The van der Waals surface area contributed by atoms with Crippen LogP contribution in [0.2, 0.25) is 0 Å². The summed E-state index contributed by atoms with van der Waals surface area (Å²) in [6.07, 6.45) is -3.79. The number of ether oxygens (including phenoxy) is 1. The zero-order chi connectivity index (χ0) is 19.8. The normalized spacial score (nSPS) is 25.3. The molecule has 0 aromatic heterocycles. The van der Waals surface area contributed by atoms with Crippen LogP contribution in [0, 0.1) is 22.7 Å². The van der Waals surface area contributed by atoms with Gasteiger partial charge < -0.3 is 14.5 Å². The molecule has 5 nitrogen and oxygen atoms in total. The van der Waals surface area contributed by atoms with Gasteiger partial charge in [0.25, 0.3) is 0 Å². The van der Waals surface area contributed by atoms with Crippen LogP contribution in [0.1, 0.15) is 24.5 Å². The van der Waals surface area contributed by atoms with Gasteiger partial charge in [0.05, 0.1) is 23.8 Å². The fraction of sp³-hybridized carbons (Fsp3) is 0.579. The van der Waals surface area contributed by atoms with E-state index in [1.165, 1.54) is 13.0 Å². The van der Waals surface area contributed by atoms with E-state index < -0.39 is 11.7 Å². The van der Waals surface area contributed by atoms with Gasteiger partial charge in [-0.1, -0.05) is 0 Å². The molecule has 0 aliphatic carbocycles. The van der Waals surface area contributed by atoms with Crippen LogP contribution >= 0.6 is 0 Å². The van der Waals surface area contributed by atoms with E-state index in [9.17, 15) is 18.0 Å². The zero-order valence-electron chi connectivity index (χ0n) is 15.3. The average molecular weight is 381 g/mol. The van der Waals surface area contributed by atoms with E-state index in [1.54, 1.807) is 24.1 Å².